The highest BCUT2D eigenvalue weighted by Gasteiger charge is 2.34. The van der Waals surface area contributed by atoms with Crippen LogP contribution in [-0.4, -0.2) is 23.5 Å². The summed E-state index contributed by atoms with van der Waals surface area (Å²) in [5.41, 5.74) is 0.688. The van der Waals surface area contributed by atoms with Crippen LogP contribution in [0.25, 0.3) is 11.1 Å². The predicted molar refractivity (Wildman–Crippen MR) is 159 cm³/mol. The highest BCUT2D eigenvalue weighted by Crippen LogP contribution is 2.40. The molecule has 0 saturated carbocycles. The number of carbonyl (C=O) groups is 2. The topological polar surface area (TPSA) is 75.6 Å². The van der Waals surface area contributed by atoms with Gasteiger partial charge in [0.25, 0.3) is 5.91 Å². The lowest BCUT2D eigenvalue weighted by Crippen LogP contribution is -2.25. The summed E-state index contributed by atoms with van der Waals surface area (Å²) in [6.07, 6.45) is 4.06. The minimum atomic E-state index is -4.54. The Kier molecular flexibility index (Phi) is 12.9. The molecule has 1 atom stereocenters. The average Bonchev–Trinajstić information content (AvgIpc) is 2.97. The van der Waals surface area contributed by atoms with Gasteiger partial charge in [-0.1, -0.05) is 94.3 Å². The van der Waals surface area contributed by atoms with Gasteiger partial charge in [0.05, 0.1) is 12.0 Å². The number of ether oxygens (including phenoxy) is 1. The van der Waals surface area contributed by atoms with Crippen LogP contribution in [0, 0.1) is 0 Å². The summed E-state index contributed by atoms with van der Waals surface area (Å²) in [5.74, 6) is -0.987. The number of aliphatic carboxylic acids is 1. The van der Waals surface area contributed by atoms with E-state index >= 15 is 0 Å². The number of benzene rings is 3. The molecule has 2 N–H and O–H groups in total. The largest absolute Gasteiger partial charge is 0.486 e. The molecule has 226 valence electrons. The second-order valence-electron chi connectivity index (χ2n) is 10.5. The Morgan fingerprint density at radius 2 is 1.50 bits per heavy atom. The second-order valence-corrected chi connectivity index (χ2v) is 10.5. The first-order valence-corrected chi connectivity index (χ1v) is 14.7. The molecule has 0 aliphatic heterocycles. The van der Waals surface area contributed by atoms with Gasteiger partial charge in [0, 0.05) is 12.1 Å². The van der Waals surface area contributed by atoms with Gasteiger partial charge in [0.15, 0.2) is 0 Å². The number of hydrogen-bond acceptors (Lipinski definition) is 3. The standard InChI is InChI=1S/C34H40F3NO4/c1-2-3-4-5-6-7-8-12-15-31(42-28-19-16-26(17-20-28)33(41)38-23-22-32(39)40)27-18-21-29(25-13-10-9-11-14-25)30(24-27)34(35,36)37/h9-11,13-14,16-21,24,31H,2-8,12,15,22-23H2,1H3,(H,38,41)(H,39,40). The fourth-order valence-electron chi connectivity index (χ4n) is 4.86. The first-order valence-electron chi connectivity index (χ1n) is 14.7. The number of hydrogen-bond donors (Lipinski definition) is 2. The molecule has 0 heterocycles. The summed E-state index contributed by atoms with van der Waals surface area (Å²) in [5, 5.41) is 11.3. The third-order valence-corrected chi connectivity index (χ3v) is 7.14. The smallest absolute Gasteiger partial charge is 0.417 e. The van der Waals surface area contributed by atoms with E-state index < -0.39 is 29.7 Å². The Labute approximate surface area is 246 Å². The molecule has 3 rings (SSSR count). The van der Waals surface area contributed by atoms with Gasteiger partial charge < -0.3 is 15.2 Å². The van der Waals surface area contributed by atoms with E-state index in [2.05, 4.69) is 12.2 Å². The minimum absolute atomic E-state index is 0.00755. The molecule has 5 nitrogen and oxygen atoms in total. The number of nitrogens with one attached hydrogen (secondary N) is 1. The van der Waals surface area contributed by atoms with Gasteiger partial charge in [-0.15, -0.1) is 0 Å². The zero-order valence-electron chi connectivity index (χ0n) is 24.1. The molecular formula is C34H40F3NO4. The Morgan fingerprint density at radius 1 is 0.857 bits per heavy atom. The van der Waals surface area contributed by atoms with Crippen LogP contribution in [0.3, 0.4) is 0 Å². The molecule has 1 amide bonds. The van der Waals surface area contributed by atoms with E-state index in [9.17, 15) is 22.8 Å². The van der Waals surface area contributed by atoms with E-state index in [0.717, 1.165) is 25.7 Å². The summed E-state index contributed by atoms with van der Waals surface area (Å²) in [7, 11) is 0. The number of alkyl halides is 3. The number of carbonyl (C=O) groups excluding carboxylic acids is 1. The highest BCUT2D eigenvalue weighted by molar-refractivity contribution is 5.94. The Morgan fingerprint density at radius 3 is 2.12 bits per heavy atom. The molecule has 3 aromatic carbocycles. The molecular weight excluding hydrogens is 543 g/mol. The number of unbranched alkanes of at least 4 members (excludes halogenated alkanes) is 7. The summed E-state index contributed by atoms with van der Waals surface area (Å²) >= 11 is 0. The van der Waals surface area contributed by atoms with Crippen LogP contribution >= 0.6 is 0 Å². The van der Waals surface area contributed by atoms with Crippen LogP contribution in [0.4, 0.5) is 13.2 Å². The number of carboxylic acid groups (broad SMARTS) is 1. The third kappa shape index (κ3) is 10.5. The first-order chi connectivity index (χ1) is 20.2. The van der Waals surface area contributed by atoms with Crippen LogP contribution in [-0.2, 0) is 11.0 Å². The zero-order chi connectivity index (χ0) is 30.4. The Hall–Kier alpha value is -3.81. The van der Waals surface area contributed by atoms with E-state index in [1.54, 1.807) is 60.7 Å². The molecule has 0 aliphatic carbocycles. The summed E-state index contributed by atoms with van der Waals surface area (Å²) in [4.78, 5) is 23.0. The molecule has 0 spiro atoms. The highest BCUT2D eigenvalue weighted by atomic mass is 19.4. The van der Waals surface area contributed by atoms with Gasteiger partial charge in [-0.25, -0.2) is 0 Å². The quantitative estimate of drug-likeness (QED) is 0.155. The van der Waals surface area contributed by atoms with Crippen molar-refractivity contribution in [2.45, 2.75) is 83.4 Å². The summed E-state index contributed by atoms with van der Waals surface area (Å²) < 4.78 is 48.9. The van der Waals surface area contributed by atoms with Crippen LogP contribution in [0.15, 0.2) is 72.8 Å². The predicted octanol–water partition coefficient (Wildman–Crippen LogP) is 9.23. The lowest BCUT2D eigenvalue weighted by molar-refractivity contribution is -0.137. The van der Waals surface area contributed by atoms with Crippen molar-refractivity contribution in [3.63, 3.8) is 0 Å². The second kappa shape index (κ2) is 16.6. The summed E-state index contributed by atoms with van der Waals surface area (Å²) in [6, 6.07) is 19.3. The number of amides is 1. The third-order valence-electron chi connectivity index (χ3n) is 7.14. The van der Waals surface area contributed by atoms with Gasteiger partial charge in [0.2, 0.25) is 0 Å². The van der Waals surface area contributed by atoms with Crippen LogP contribution < -0.4 is 10.1 Å². The monoisotopic (exact) mass is 583 g/mol. The van der Waals surface area contributed by atoms with Crippen molar-refractivity contribution < 1.29 is 32.6 Å². The van der Waals surface area contributed by atoms with Crippen molar-refractivity contribution in [3.8, 4) is 16.9 Å². The van der Waals surface area contributed by atoms with Crippen molar-refractivity contribution in [2.75, 3.05) is 6.54 Å². The van der Waals surface area contributed by atoms with Crippen LogP contribution in [0.2, 0.25) is 0 Å². The molecule has 1 unspecified atom stereocenters. The van der Waals surface area contributed by atoms with E-state index in [4.69, 9.17) is 9.84 Å². The van der Waals surface area contributed by atoms with Gasteiger partial charge in [-0.05, 0) is 59.9 Å². The molecule has 42 heavy (non-hydrogen) atoms. The molecule has 0 saturated heterocycles. The van der Waals surface area contributed by atoms with Crippen molar-refractivity contribution in [1.82, 2.24) is 5.32 Å². The van der Waals surface area contributed by atoms with Crippen molar-refractivity contribution in [2.24, 2.45) is 0 Å². The Balaban J connectivity index is 1.78. The molecule has 0 aromatic heterocycles. The average molecular weight is 584 g/mol. The lowest BCUT2D eigenvalue weighted by Gasteiger charge is -2.22. The molecule has 0 radical (unpaired) electrons. The summed E-state index contributed by atoms with van der Waals surface area (Å²) in [6.45, 7) is 2.19. The molecule has 0 fully saturated rings. The first kappa shape index (κ1) is 32.7. The lowest BCUT2D eigenvalue weighted by atomic mass is 9.93. The van der Waals surface area contributed by atoms with Gasteiger partial charge >= 0.3 is 12.1 Å². The normalized spacial score (nSPS) is 12.1. The minimum Gasteiger partial charge on any atom is -0.486 e. The fraction of sp³-hybridized carbons (Fsp3) is 0.412. The molecule has 0 aliphatic rings. The fourth-order valence-corrected chi connectivity index (χ4v) is 4.86. The Bertz CT molecular complexity index is 1260. The van der Waals surface area contributed by atoms with Crippen LogP contribution in [0.1, 0.15) is 98.7 Å². The maximum atomic E-state index is 14.2. The van der Waals surface area contributed by atoms with Crippen molar-refractivity contribution in [1.29, 1.82) is 0 Å². The SMILES string of the molecule is CCCCCCCCCCC(Oc1ccc(C(=O)NCCC(=O)O)cc1)c1ccc(-c2ccccc2)c(C(F)(F)F)c1. The van der Waals surface area contributed by atoms with E-state index in [1.165, 1.54) is 37.8 Å². The van der Waals surface area contributed by atoms with E-state index in [-0.39, 0.29) is 18.5 Å². The zero-order valence-corrected chi connectivity index (χ0v) is 24.1. The van der Waals surface area contributed by atoms with E-state index in [0.29, 0.717) is 28.9 Å². The maximum absolute atomic E-state index is 14.2. The molecule has 8 heteroatoms. The van der Waals surface area contributed by atoms with Crippen molar-refractivity contribution >= 4 is 11.9 Å². The molecule has 3 aromatic rings. The van der Waals surface area contributed by atoms with Gasteiger partial charge in [0.1, 0.15) is 11.9 Å². The molecule has 0 bridgehead atoms. The number of halogens is 3. The van der Waals surface area contributed by atoms with Gasteiger partial charge in [-0.3, -0.25) is 9.59 Å². The maximum Gasteiger partial charge on any atom is 0.417 e. The number of carboxylic acids is 1. The number of rotatable bonds is 17. The van der Waals surface area contributed by atoms with Crippen molar-refractivity contribution in [3.05, 3.63) is 89.5 Å². The van der Waals surface area contributed by atoms with Crippen LogP contribution in [0.5, 0.6) is 5.75 Å². The van der Waals surface area contributed by atoms with Gasteiger partial charge in [-0.2, -0.15) is 13.2 Å². The van der Waals surface area contributed by atoms with E-state index in [1.807, 2.05) is 0 Å².